The van der Waals surface area contributed by atoms with Gasteiger partial charge in [0.15, 0.2) is 4.47 Å². The van der Waals surface area contributed by atoms with Crippen molar-refractivity contribution >= 4 is 28.8 Å². The lowest BCUT2D eigenvalue weighted by Crippen LogP contribution is -2.06. The van der Waals surface area contributed by atoms with Crippen LogP contribution in [0.15, 0.2) is 5.38 Å². The molecular formula is C10H15ClN2S. The largest absolute Gasteiger partial charge is 0.369 e. The Balaban J connectivity index is 1.67. The van der Waals surface area contributed by atoms with Crippen LogP contribution in [0.1, 0.15) is 32.1 Å². The van der Waals surface area contributed by atoms with Gasteiger partial charge in [-0.15, -0.1) is 11.3 Å². The number of aromatic nitrogens is 1. The first-order valence-electron chi connectivity index (χ1n) is 5.19. The van der Waals surface area contributed by atoms with Gasteiger partial charge in [0, 0.05) is 11.9 Å². The van der Waals surface area contributed by atoms with Crippen molar-refractivity contribution in [2.45, 2.75) is 32.1 Å². The van der Waals surface area contributed by atoms with Crippen LogP contribution in [0.25, 0.3) is 0 Å². The highest BCUT2D eigenvalue weighted by Crippen LogP contribution is 2.27. The molecule has 1 aromatic heterocycles. The third kappa shape index (κ3) is 2.85. The van der Waals surface area contributed by atoms with E-state index in [1.807, 2.05) is 5.38 Å². The van der Waals surface area contributed by atoms with E-state index < -0.39 is 0 Å². The van der Waals surface area contributed by atoms with E-state index in [4.69, 9.17) is 11.6 Å². The molecule has 1 saturated carbocycles. The molecule has 1 aliphatic rings. The average Bonchev–Trinajstić information content (AvgIpc) is 2.77. The molecular weight excluding hydrogens is 216 g/mol. The lowest BCUT2D eigenvalue weighted by atomic mass is 10.0. The smallest absolute Gasteiger partial charge is 0.185 e. The predicted molar refractivity (Wildman–Crippen MR) is 62.2 cm³/mol. The Hall–Kier alpha value is -0.280. The summed E-state index contributed by atoms with van der Waals surface area (Å²) >= 11 is 7.21. The van der Waals surface area contributed by atoms with Crippen molar-refractivity contribution < 1.29 is 0 Å². The Morgan fingerprint density at radius 2 is 2.29 bits per heavy atom. The normalized spacial score (nSPS) is 17.5. The van der Waals surface area contributed by atoms with E-state index in [0.29, 0.717) is 4.47 Å². The second-order valence-electron chi connectivity index (χ2n) is 3.85. The highest BCUT2D eigenvalue weighted by Gasteiger charge is 2.14. The topological polar surface area (TPSA) is 24.9 Å². The van der Waals surface area contributed by atoms with E-state index in [9.17, 15) is 0 Å². The van der Waals surface area contributed by atoms with E-state index in [0.717, 1.165) is 18.3 Å². The fourth-order valence-corrected chi connectivity index (χ4v) is 2.76. The zero-order valence-electron chi connectivity index (χ0n) is 8.13. The summed E-state index contributed by atoms with van der Waals surface area (Å²) in [5.41, 5.74) is 0. The van der Waals surface area contributed by atoms with Crippen molar-refractivity contribution in [3.63, 3.8) is 0 Å². The van der Waals surface area contributed by atoms with Crippen molar-refractivity contribution in [2.75, 3.05) is 11.9 Å². The molecule has 0 unspecified atom stereocenters. The fraction of sp³-hybridized carbons (Fsp3) is 0.700. The van der Waals surface area contributed by atoms with Crippen LogP contribution in [-0.2, 0) is 0 Å². The molecule has 0 aromatic carbocycles. The second kappa shape index (κ2) is 4.99. The highest BCUT2D eigenvalue weighted by molar-refractivity contribution is 7.14. The van der Waals surface area contributed by atoms with E-state index in [1.165, 1.54) is 43.4 Å². The summed E-state index contributed by atoms with van der Waals surface area (Å²) in [7, 11) is 0. The number of nitrogens with one attached hydrogen (secondary N) is 1. The number of rotatable bonds is 4. The van der Waals surface area contributed by atoms with Gasteiger partial charge >= 0.3 is 0 Å². The van der Waals surface area contributed by atoms with Gasteiger partial charge < -0.3 is 5.32 Å². The van der Waals surface area contributed by atoms with Crippen LogP contribution < -0.4 is 5.32 Å². The van der Waals surface area contributed by atoms with Gasteiger partial charge in [-0.2, -0.15) is 0 Å². The van der Waals surface area contributed by atoms with Gasteiger partial charge in [0.2, 0.25) is 0 Å². The van der Waals surface area contributed by atoms with Crippen molar-refractivity contribution in [2.24, 2.45) is 5.92 Å². The van der Waals surface area contributed by atoms with Gasteiger partial charge in [-0.1, -0.05) is 37.3 Å². The van der Waals surface area contributed by atoms with Gasteiger partial charge in [0.25, 0.3) is 0 Å². The number of thiazole rings is 1. The maximum Gasteiger partial charge on any atom is 0.185 e. The van der Waals surface area contributed by atoms with Crippen molar-refractivity contribution in [1.82, 2.24) is 4.98 Å². The molecule has 14 heavy (non-hydrogen) atoms. The van der Waals surface area contributed by atoms with Crippen molar-refractivity contribution in [1.29, 1.82) is 0 Å². The molecule has 1 heterocycles. The van der Waals surface area contributed by atoms with Gasteiger partial charge in [-0.3, -0.25) is 0 Å². The van der Waals surface area contributed by atoms with Crippen LogP contribution in [0.2, 0.25) is 4.47 Å². The van der Waals surface area contributed by atoms with Gasteiger partial charge in [0.05, 0.1) is 0 Å². The molecule has 1 aromatic rings. The number of halogens is 1. The highest BCUT2D eigenvalue weighted by atomic mass is 35.5. The van der Waals surface area contributed by atoms with Crippen molar-refractivity contribution in [3.8, 4) is 0 Å². The van der Waals surface area contributed by atoms with Crippen LogP contribution in [0.3, 0.4) is 0 Å². The fourth-order valence-electron chi connectivity index (χ4n) is 2.04. The molecule has 4 heteroatoms. The van der Waals surface area contributed by atoms with Crippen LogP contribution in [0.5, 0.6) is 0 Å². The minimum Gasteiger partial charge on any atom is -0.369 e. The Morgan fingerprint density at radius 3 is 2.93 bits per heavy atom. The minimum absolute atomic E-state index is 0.619. The molecule has 1 N–H and O–H groups in total. The minimum atomic E-state index is 0.619. The summed E-state index contributed by atoms with van der Waals surface area (Å²) in [5, 5.41) is 5.28. The monoisotopic (exact) mass is 230 g/mol. The molecule has 0 saturated heterocycles. The summed E-state index contributed by atoms with van der Waals surface area (Å²) in [5.74, 6) is 1.87. The van der Waals surface area contributed by atoms with E-state index in [1.54, 1.807) is 0 Å². The molecule has 1 fully saturated rings. The Labute approximate surface area is 93.7 Å². The van der Waals surface area contributed by atoms with Crippen LogP contribution in [-0.4, -0.2) is 11.5 Å². The summed E-state index contributed by atoms with van der Waals surface area (Å²) in [6.45, 7) is 1.03. The molecule has 2 nitrogen and oxygen atoms in total. The molecule has 78 valence electrons. The third-order valence-electron chi connectivity index (χ3n) is 2.81. The molecule has 1 aliphatic carbocycles. The van der Waals surface area contributed by atoms with E-state index >= 15 is 0 Å². The summed E-state index contributed by atoms with van der Waals surface area (Å²) in [4.78, 5) is 4.15. The molecule has 0 amide bonds. The van der Waals surface area contributed by atoms with Crippen molar-refractivity contribution in [3.05, 3.63) is 9.85 Å². The number of hydrogen-bond donors (Lipinski definition) is 1. The number of nitrogens with zero attached hydrogens (tertiary/aromatic N) is 1. The quantitative estimate of drug-likeness (QED) is 0.852. The maximum absolute atomic E-state index is 5.73. The first-order chi connectivity index (χ1) is 6.84. The van der Waals surface area contributed by atoms with Crippen LogP contribution in [0.4, 0.5) is 5.82 Å². The van der Waals surface area contributed by atoms with Crippen LogP contribution in [0, 0.1) is 5.92 Å². The molecule has 0 bridgehead atoms. The first kappa shape index (κ1) is 10.2. The number of hydrogen-bond acceptors (Lipinski definition) is 3. The summed E-state index contributed by atoms with van der Waals surface area (Å²) < 4.78 is 0.619. The Bertz CT molecular complexity index is 281. The summed E-state index contributed by atoms with van der Waals surface area (Å²) in [6.07, 6.45) is 6.95. The number of anilines is 1. The zero-order valence-corrected chi connectivity index (χ0v) is 9.70. The lowest BCUT2D eigenvalue weighted by molar-refractivity contribution is 0.518. The van der Waals surface area contributed by atoms with Crippen LogP contribution >= 0.6 is 22.9 Å². The Kier molecular flexibility index (Phi) is 3.65. The second-order valence-corrected chi connectivity index (χ2v) is 5.29. The Morgan fingerprint density at radius 1 is 1.50 bits per heavy atom. The first-order valence-corrected chi connectivity index (χ1v) is 6.45. The summed E-state index contributed by atoms with van der Waals surface area (Å²) in [6, 6.07) is 0. The predicted octanol–water partition coefficient (Wildman–Crippen LogP) is 3.79. The zero-order chi connectivity index (χ0) is 9.80. The molecule has 0 spiro atoms. The van der Waals surface area contributed by atoms with E-state index in [-0.39, 0.29) is 0 Å². The standard InChI is InChI=1S/C10H15ClN2S/c11-10-13-9(7-14-10)12-6-5-8-3-1-2-4-8/h7-8,12H,1-6H2. The molecule has 0 aliphatic heterocycles. The van der Waals surface area contributed by atoms with Gasteiger partial charge in [-0.05, 0) is 12.3 Å². The SMILES string of the molecule is Clc1nc(NCCC2CCCC2)cs1. The third-order valence-corrected chi connectivity index (χ3v) is 3.79. The maximum atomic E-state index is 5.73. The molecule has 0 atom stereocenters. The molecule has 2 rings (SSSR count). The lowest BCUT2D eigenvalue weighted by Gasteiger charge is -2.08. The average molecular weight is 231 g/mol. The molecule has 0 radical (unpaired) electrons. The van der Waals surface area contributed by atoms with E-state index in [2.05, 4.69) is 10.3 Å². The van der Waals surface area contributed by atoms with Gasteiger partial charge in [-0.25, -0.2) is 4.98 Å². The van der Waals surface area contributed by atoms with Gasteiger partial charge in [0.1, 0.15) is 5.82 Å².